The van der Waals surface area contributed by atoms with Crippen LogP contribution in [0.3, 0.4) is 0 Å². The molecule has 1 amide bonds. The zero-order chi connectivity index (χ0) is 21.4. The van der Waals surface area contributed by atoms with E-state index in [2.05, 4.69) is 20.7 Å². The molecule has 0 saturated heterocycles. The summed E-state index contributed by atoms with van der Waals surface area (Å²) in [4.78, 5) is 19.3. The topological polar surface area (TPSA) is 74.5 Å². The molecule has 10 heteroatoms. The Bertz CT molecular complexity index is 854. The number of amides is 1. The van der Waals surface area contributed by atoms with Crippen LogP contribution in [0.1, 0.15) is 17.0 Å². The molecule has 30 heavy (non-hydrogen) atoms. The first-order valence-electron chi connectivity index (χ1n) is 9.37. The van der Waals surface area contributed by atoms with E-state index in [4.69, 9.17) is 11.6 Å². The van der Waals surface area contributed by atoms with E-state index < -0.39 is 0 Å². The number of halogens is 2. The molecule has 1 aromatic heterocycles. The molecule has 1 aromatic carbocycles. The fraction of sp³-hybridized carbons (Fsp3) is 0.450. The Hall–Kier alpha value is -1.46. The molecule has 7 nitrogen and oxygen atoms in total. The number of nitrogens with one attached hydrogen (secondary N) is 2. The lowest BCUT2D eigenvalue weighted by atomic mass is 10.2. The van der Waals surface area contributed by atoms with Gasteiger partial charge in [0.1, 0.15) is 0 Å². The average molecular weight is 565 g/mol. The molecule has 0 saturated carbocycles. The van der Waals surface area contributed by atoms with Gasteiger partial charge in [0.25, 0.3) is 0 Å². The minimum absolute atomic E-state index is 0. The van der Waals surface area contributed by atoms with Crippen molar-refractivity contribution in [1.29, 1.82) is 0 Å². The van der Waals surface area contributed by atoms with Gasteiger partial charge in [0.15, 0.2) is 5.96 Å². The van der Waals surface area contributed by atoms with Gasteiger partial charge in [-0.25, -0.2) is 4.99 Å². The number of likely N-dealkylation sites (N-methyl/N-ethyl adjacent to an activating group) is 1. The molecule has 0 atom stereocenters. The lowest BCUT2D eigenvalue weighted by molar-refractivity contribution is -0.127. The van der Waals surface area contributed by atoms with Crippen LogP contribution in [0.15, 0.2) is 34.2 Å². The highest BCUT2D eigenvalue weighted by atomic mass is 127. The van der Waals surface area contributed by atoms with Crippen LogP contribution in [-0.2, 0) is 18.4 Å². The Morgan fingerprint density at radius 3 is 2.47 bits per heavy atom. The number of rotatable bonds is 8. The van der Waals surface area contributed by atoms with Gasteiger partial charge in [-0.3, -0.25) is 9.48 Å². The monoisotopic (exact) mass is 564 g/mol. The molecule has 0 radical (unpaired) electrons. The quantitative estimate of drug-likeness (QED) is 0.169. The predicted octanol–water partition coefficient (Wildman–Crippen LogP) is 3.22. The summed E-state index contributed by atoms with van der Waals surface area (Å²) < 4.78 is 1.86. The molecule has 0 fully saturated rings. The fourth-order valence-electron chi connectivity index (χ4n) is 2.57. The highest BCUT2D eigenvalue weighted by molar-refractivity contribution is 14.0. The van der Waals surface area contributed by atoms with Gasteiger partial charge in [0, 0.05) is 54.6 Å². The van der Waals surface area contributed by atoms with E-state index in [1.54, 1.807) is 30.8 Å². The maximum absolute atomic E-state index is 11.9. The summed E-state index contributed by atoms with van der Waals surface area (Å²) in [5, 5.41) is 11.6. The molecular formula is C20H30ClIN6OS. The van der Waals surface area contributed by atoms with Crippen LogP contribution >= 0.6 is 47.3 Å². The van der Waals surface area contributed by atoms with Crippen LogP contribution in [0.4, 0.5) is 0 Å². The second kappa shape index (κ2) is 13.1. The van der Waals surface area contributed by atoms with Crippen molar-refractivity contribution in [1.82, 2.24) is 25.3 Å². The zero-order valence-electron chi connectivity index (χ0n) is 18.0. The average Bonchev–Trinajstić information content (AvgIpc) is 2.93. The number of aliphatic imine (C=N–C) groups is 1. The smallest absolute Gasteiger partial charge is 0.241 e. The molecule has 2 aromatic rings. The zero-order valence-corrected chi connectivity index (χ0v) is 21.9. The Balaban J connectivity index is 0.00000450. The highest BCUT2D eigenvalue weighted by Crippen LogP contribution is 2.19. The number of hydrogen-bond donors (Lipinski definition) is 2. The second-order valence-corrected chi connectivity index (χ2v) is 8.41. The third kappa shape index (κ3) is 8.35. The minimum atomic E-state index is -0.0104. The number of aryl methyl sites for hydroxylation is 2. The van der Waals surface area contributed by atoms with Gasteiger partial charge in [-0.15, -0.1) is 35.7 Å². The van der Waals surface area contributed by atoms with Crippen molar-refractivity contribution in [2.75, 3.05) is 32.9 Å². The maximum atomic E-state index is 11.9. The molecule has 0 aliphatic carbocycles. The van der Waals surface area contributed by atoms with Crippen LogP contribution in [0, 0.1) is 13.8 Å². The predicted molar refractivity (Wildman–Crippen MR) is 136 cm³/mol. The lowest BCUT2D eigenvalue weighted by Crippen LogP contribution is -2.43. The summed E-state index contributed by atoms with van der Waals surface area (Å²) in [6.07, 6.45) is 0. The third-order valence-corrected chi connectivity index (χ3v) is 5.70. The molecule has 0 bridgehead atoms. The lowest BCUT2D eigenvalue weighted by Gasteiger charge is -2.15. The number of nitrogens with zero attached hydrogens (tertiary/aromatic N) is 4. The van der Waals surface area contributed by atoms with Crippen molar-refractivity contribution in [3.63, 3.8) is 0 Å². The molecule has 1 heterocycles. The molecule has 2 rings (SSSR count). The second-order valence-electron chi connectivity index (χ2n) is 6.81. The molecular weight excluding hydrogens is 535 g/mol. The van der Waals surface area contributed by atoms with Crippen LogP contribution in [-0.4, -0.2) is 59.5 Å². The third-order valence-electron chi connectivity index (χ3n) is 4.44. The van der Waals surface area contributed by atoms with Crippen molar-refractivity contribution in [2.45, 2.75) is 25.3 Å². The maximum Gasteiger partial charge on any atom is 0.241 e. The number of aromatic nitrogens is 2. The van der Waals surface area contributed by atoms with Crippen LogP contribution in [0.2, 0.25) is 5.02 Å². The van der Waals surface area contributed by atoms with Crippen LogP contribution in [0.5, 0.6) is 0 Å². The van der Waals surface area contributed by atoms with Gasteiger partial charge in [-0.05, 0) is 38.1 Å². The minimum Gasteiger partial charge on any atom is -0.356 e. The summed E-state index contributed by atoms with van der Waals surface area (Å²) in [7, 11) is 5.40. The normalized spacial score (nSPS) is 11.1. The van der Waals surface area contributed by atoms with Gasteiger partial charge in [-0.1, -0.05) is 11.6 Å². The summed E-state index contributed by atoms with van der Waals surface area (Å²) in [6.45, 7) is 5.41. The molecule has 0 unspecified atom stereocenters. The van der Waals surface area contributed by atoms with Crippen molar-refractivity contribution in [3.05, 3.63) is 46.2 Å². The van der Waals surface area contributed by atoms with Gasteiger partial charge < -0.3 is 15.5 Å². The number of benzene rings is 1. The first kappa shape index (κ1) is 26.6. The van der Waals surface area contributed by atoms with Gasteiger partial charge >= 0.3 is 0 Å². The summed E-state index contributed by atoms with van der Waals surface area (Å²) in [6, 6.07) is 7.78. The molecule has 0 aliphatic rings. The van der Waals surface area contributed by atoms with Gasteiger partial charge in [0.2, 0.25) is 5.91 Å². The van der Waals surface area contributed by atoms with Crippen molar-refractivity contribution >= 4 is 59.2 Å². The van der Waals surface area contributed by atoms with E-state index in [0.29, 0.717) is 19.0 Å². The highest BCUT2D eigenvalue weighted by Gasteiger charge is 2.10. The van der Waals surface area contributed by atoms with Gasteiger partial charge in [-0.2, -0.15) is 5.10 Å². The van der Waals surface area contributed by atoms with E-state index in [0.717, 1.165) is 32.6 Å². The van der Waals surface area contributed by atoms with Crippen molar-refractivity contribution in [2.24, 2.45) is 12.0 Å². The van der Waals surface area contributed by atoms with Crippen LogP contribution in [0.25, 0.3) is 0 Å². The fourth-order valence-corrected chi connectivity index (χ4v) is 3.46. The van der Waals surface area contributed by atoms with E-state index in [1.807, 2.05) is 49.8 Å². The number of carbonyl (C=O) groups excluding carboxylic acids is 1. The molecule has 2 N–H and O–H groups in total. The van der Waals surface area contributed by atoms with Crippen molar-refractivity contribution < 1.29 is 4.79 Å². The van der Waals surface area contributed by atoms with E-state index in [1.165, 1.54) is 0 Å². The summed E-state index contributed by atoms with van der Waals surface area (Å²) in [5.41, 5.74) is 3.16. The molecule has 0 spiro atoms. The number of carbonyl (C=O) groups is 1. The Labute approximate surface area is 205 Å². The molecule has 166 valence electrons. The Morgan fingerprint density at radius 1 is 1.23 bits per heavy atom. The Kier molecular flexibility index (Phi) is 11.6. The largest absolute Gasteiger partial charge is 0.356 e. The number of guanidine groups is 1. The first-order valence-corrected chi connectivity index (χ1v) is 10.7. The summed E-state index contributed by atoms with van der Waals surface area (Å²) in [5.74, 6) is 1.46. The van der Waals surface area contributed by atoms with Crippen molar-refractivity contribution in [3.8, 4) is 0 Å². The molecule has 0 aliphatic heterocycles. The number of hydrogen-bond acceptors (Lipinski definition) is 4. The van der Waals surface area contributed by atoms with E-state index in [9.17, 15) is 4.79 Å². The van der Waals surface area contributed by atoms with E-state index >= 15 is 0 Å². The SMILES string of the molecule is Cc1nn(C)c(C)c1CN=C(NCCSc1ccc(Cl)cc1)NCC(=O)N(C)C.I. The standard InChI is InChI=1S/C20H29ClN6OS.HI/c1-14-18(15(2)27(5)25-14)12-23-20(24-13-19(28)26(3)4)22-10-11-29-17-8-6-16(21)7-9-17;/h6-9H,10-13H2,1-5H3,(H2,22,23,24);1H. The van der Waals surface area contributed by atoms with Crippen LogP contribution < -0.4 is 10.6 Å². The van der Waals surface area contributed by atoms with Gasteiger partial charge in [0.05, 0.1) is 18.8 Å². The van der Waals surface area contributed by atoms with E-state index in [-0.39, 0.29) is 36.4 Å². The summed E-state index contributed by atoms with van der Waals surface area (Å²) >= 11 is 7.65. The first-order chi connectivity index (χ1) is 13.8. The Morgan fingerprint density at radius 2 is 1.90 bits per heavy atom. The number of thioether (sulfide) groups is 1.